The highest BCUT2D eigenvalue weighted by atomic mass is 19.1. The van der Waals surface area contributed by atoms with E-state index >= 15 is 0 Å². The van der Waals surface area contributed by atoms with Crippen LogP contribution in [0.5, 0.6) is 0 Å². The Morgan fingerprint density at radius 3 is 3.10 bits per heavy atom. The van der Waals surface area contributed by atoms with Crippen LogP contribution in [0.3, 0.4) is 0 Å². The van der Waals surface area contributed by atoms with Crippen LogP contribution in [-0.2, 0) is 4.74 Å². The van der Waals surface area contributed by atoms with Crippen molar-refractivity contribution in [2.45, 2.75) is 12.6 Å². The van der Waals surface area contributed by atoms with Crippen molar-refractivity contribution in [1.29, 1.82) is 0 Å². The first-order chi connectivity index (χ1) is 4.84. The van der Waals surface area contributed by atoms with E-state index in [1.165, 1.54) is 0 Å². The SMILES string of the molecule is COCC1CNCCC1F. The molecule has 0 bridgehead atoms. The molecule has 60 valence electrons. The average Bonchev–Trinajstić information content (AvgIpc) is 1.94. The van der Waals surface area contributed by atoms with E-state index in [1.54, 1.807) is 7.11 Å². The second-order valence-electron chi connectivity index (χ2n) is 2.72. The summed E-state index contributed by atoms with van der Waals surface area (Å²) in [6, 6.07) is 0. The maximum Gasteiger partial charge on any atom is 0.108 e. The lowest BCUT2D eigenvalue weighted by atomic mass is 9.99. The number of alkyl halides is 1. The second-order valence-corrected chi connectivity index (χ2v) is 2.72. The standard InChI is InChI=1S/C7H14FNO/c1-10-5-6-4-9-3-2-7(6)8/h6-7,9H,2-5H2,1H3. The molecule has 0 aromatic rings. The van der Waals surface area contributed by atoms with E-state index in [9.17, 15) is 4.39 Å². The summed E-state index contributed by atoms with van der Waals surface area (Å²) in [6.45, 7) is 2.10. The van der Waals surface area contributed by atoms with Crippen molar-refractivity contribution in [3.8, 4) is 0 Å². The Morgan fingerprint density at radius 2 is 2.50 bits per heavy atom. The lowest BCUT2D eigenvalue weighted by Gasteiger charge is -2.25. The number of piperidine rings is 1. The van der Waals surface area contributed by atoms with E-state index in [2.05, 4.69) is 5.32 Å². The van der Waals surface area contributed by atoms with Gasteiger partial charge in [0.15, 0.2) is 0 Å². The molecule has 0 amide bonds. The molecule has 0 spiro atoms. The highest BCUT2D eigenvalue weighted by Gasteiger charge is 2.23. The van der Waals surface area contributed by atoms with Crippen LogP contribution in [0.1, 0.15) is 6.42 Å². The van der Waals surface area contributed by atoms with Crippen LogP contribution in [0.2, 0.25) is 0 Å². The van der Waals surface area contributed by atoms with Crippen LogP contribution in [0, 0.1) is 5.92 Å². The Hall–Kier alpha value is -0.150. The van der Waals surface area contributed by atoms with Crippen LogP contribution >= 0.6 is 0 Å². The zero-order valence-corrected chi connectivity index (χ0v) is 6.27. The van der Waals surface area contributed by atoms with Gasteiger partial charge in [-0.25, -0.2) is 4.39 Å². The summed E-state index contributed by atoms with van der Waals surface area (Å²) in [7, 11) is 1.61. The average molecular weight is 147 g/mol. The van der Waals surface area contributed by atoms with E-state index in [0.717, 1.165) is 13.1 Å². The second kappa shape index (κ2) is 3.88. The summed E-state index contributed by atoms with van der Waals surface area (Å²) in [5.41, 5.74) is 0. The summed E-state index contributed by atoms with van der Waals surface area (Å²) in [4.78, 5) is 0. The molecule has 10 heavy (non-hydrogen) atoms. The van der Waals surface area contributed by atoms with Gasteiger partial charge in [-0.3, -0.25) is 0 Å². The van der Waals surface area contributed by atoms with E-state index in [1.807, 2.05) is 0 Å². The Labute approximate surface area is 60.8 Å². The van der Waals surface area contributed by atoms with Crippen molar-refractivity contribution < 1.29 is 9.13 Å². The van der Waals surface area contributed by atoms with Crippen molar-refractivity contribution in [3.63, 3.8) is 0 Å². The molecule has 1 fully saturated rings. The molecule has 1 N–H and O–H groups in total. The van der Waals surface area contributed by atoms with Gasteiger partial charge < -0.3 is 10.1 Å². The number of hydrogen-bond acceptors (Lipinski definition) is 2. The van der Waals surface area contributed by atoms with Gasteiger partial charge in [-0.2, -0.15) is 0 Å². The minimum Gasteiger partial charge on any atom is -0.384 e. The molecule has 2 nitrogen and oxygen atoms in total. The van der Waals surface area contributed by atoms with Gasteiger partial charge in [0, 0.05) is 19.6 Å². The molecule has 3 heteroatoms. The van der Waals surface area contributed by atoms with E-state index in [0.29, 0.717) is 13.0 Å². The Balaban J connectivity index is 2.25. The quantitative estimate of drug-likeness (QED) is 0.617. The largest absolute Gasteiger partial charge is 0.384 e. The molecule has 0 saturated carbocycles. The van der Waals surface area contributed by atoms with Crippen molar-refractivity contribution in [3.05, 3.63) is 0 Å². The molecular weight excluding hydrogens is 133 g/mol. The molecule has 0 radical (unpaired) electrons. The predicted octanol–water partition coefficient (Wildman–Crippen LogP) is 0.580. The summed E-state index contributed by atoms with van der Waals surface area (Å²) >= 11 is 0. The number of ether oxygens (including phenoxy) is 1. The third-order valence-electron chi connectivity index (χ3n) is 1.90. The number of nitrogens with one attached hydrogen (secondary N) is 1. The maximum absolute atomic E-state index is 12.9. The van der Waals surface area contributed by atoms with Crippen molar-refractivity contribution in [2.24, 2.45) is 5.92 Å². The highest BCUT2D eigenvalue weighted by molar-refractivity contribution is 4.76. The molecule has 1 aliphatic heterocycles. The molecule has 0 aliphatic carbocycles. The monoisotopic (exact) mass is 147 g/mol. The molecule has 1 heterocycles. The molecule has 2 unspecified atom stereocenters. The molecule has 1 saturated heterocycles. The normalized spacial score (nSPS) is 34.2. The topological polar surface area (TPSA) is 21.3 Å². The van der Waals surface area contributed by atoms with Crippen molar-refractivity contribution >= 4 is 0 Å². The molecule has 0 aromatic carbocycles. The zero-order chi connectivity index (χ0) is 7.40. The van der Waals surface area contributed by atoms with Gasteiger partial charge in [-0.05, 0) is 13.0 Å². The Morgan fingerprint density at radius 1 is 1.70 bits per heavy atom. The first-order valence-electron chi connectivity index (χ1n) is 3.68. The number of halogens is 1. The van der Waals surface area contributed by atoms with Crippen LogP contribution < -0.4 is 5.32 Å². The van der Waals surface area contributed by atoms with Crippen LogP contribution in [0.4, 0.5) is 4.39 Å². The van der Waals surface area contributed by atoms with Gasteiger partial charge in [-0.1, -0.05) is 0 Å². The zero-order valence-electron chi connectivity index (χ0n) is 6.27. The summed E-state index contributed by atoms with van der Waals surface area (Å²) < 4.78 is 17.8. The summed E-state index contributed by atoms with van der Waals surface area (Å²) in [6.07, 6.45) is -0.0326. The molecular formula is C7H14FNO. The lowest BCUT2D eigenvalue weighted by Crippen LogP contribution is -2.39. The van der Waals surface area contributed by atoms with E-state index < -0.39 is 6.17 Å². The van der Waals surface area contributed by atoms with Gasteiger partial charge >= 0.3 is 0 Å². The smallest absolute Gasteiger partial charge is 0.108 e. The first kappa shape index (κ1) is 7.95. The van der Waals surface area contributed by atoms with Gasteiger partial charge in [0.2, 0.25) is 0 Å². The van der Waals surface area contributed by atoms with Crippen LogP contribution in [-0.4, -0.2) is 33.0 Å². The fourth-order valence-corrected chi connectivity index (χ4v) is 1.27. The number of hydrogen-bond donors (Lipinski definition) is 1. The number of methoxy groups -OCH3 is 1. The predicted molar refractivity (Wildman–Crippen MR) is 37.7 cm³/mol. The van der Waals surface area contributed by atoms with Gasteiger partial charge in [0.25, 0.3) is 0 Å². The van der Waals surface area contributed by atoms with Crippen molar-refractivity contribution in [2.75, 3.05) is 26.8 Å². The van der Waals surface area contributed by atoms with Crippen LogP contribution in [0.15, 0.2) is 0 Å². The van der Waals surface area contributed by atoms with Gasteiger partial charge in [-0.15, -0.1) is 0 Å². The summed E-state index contributed by atoms with van der Waals surface area (Å²) in [5.74, 6) is 0.0683. The highest BCUT2D eigenvalue weighted by Crippen LogP contribution is 2.14. The van der Waals surface area contributed by atoms with E-state index in [-0.39, 0.29) is 5.92 Å². The minimum atomic E-state index is -0.666. The minimum absolute atomic E-state index is 0.0683. The maximum atomic E-state index is 12.9. The summed E-state index contributed by atoms with van der Waals surface area (Å²) in [5, 5.41) is 3.13. The van der Waals surface area contributed by atoms with Crippen molar-refractivity contribution in [1.82, 2.24) is 5.32 Å². The van der Waals surface area contributed by atoms with E-state index in [4.69, 9.17) is 4.74 Å². The van der Waals surface area contributed by atoms with Gasteiger partial charge in [0.1, 0.15) is 6.17 Å². The molecule has 2 atom stereocenters. The lowest BCUT2D eigenvalue weighted by molar-refractivity contribution is 0.0805. The van der Waals surface area contributed by atoms with Crippen LogP contribution in [0.25, 0.3) is 0 Å². The third kappa shape index (κ3) is 1.92. The molecule has 1 aliphatic rings. The molecule has 1 rings (SSSR count). The molecule has 0 aromatic heterocycles. The first-order valence-corrected chi connectivity index (χ1v) is 3.68. The fraction of sp³-hybridized carbons (Fsp3) is 1.00. The third-order valence-corrected chi connectivity index (χ3v) is 1.90. The number of rotatable bonds is 2. The Kier molecular flexibility index (Phi) is 3.09. The van der Waals surface area contributed by atoms with Gasteiger partial charge in [0.05, 0.1) is 6.61 Å². The Bertz CT molecular complexity index is 97.6. The fourth-order valence-electron chi connectivity index (χ4n) is 1.27.